The third kappa shape index (κ3) is 2.15. The second-order valence-corrected chi connectivity index (χ2v) is 6.11. The zero-order valence-electron chi connectivity index (χ0n) is 10.8. The quantitative estimate of drug-likeness (QED) is 0.892. The molecule has 1 aliphatic carbocycles. The molecule has 18 heavy (non-hydrogen) atoms. The Morgan fingerprint density at radius 2 is 2.44 bits per heavy atom. The number of nitrogens with zero attached hydrogens (tertiary/aromatic N) is 2. The molecule has 2 aliphatic rings. The van der Waals surface area contributed by atoms with E-state index < -0.39 is 0 Å². The van der Waals surface area contributed by atoms with Crippen LogP contribution < -0.4 is 4.90 Å². The molecule has 0 bridgehead atoms. The Hall–Kier alpha value is -0.650. The lowest BCUT2D eigenvalue weighted by atomic mass is 10.0. The molecule has 1 aliphatic heterocycles. The minimum atomic E-state index is -0.347. The number of rotatable bonds is 2. The smallest absolute Gasteiger partial charge is 0.186 e. The Morgan fingerprint density at radius 1 is 1.56 bits per heavy atom. The van der Waals surface area contributed by atoms with Crippen molar-refractivity contribution in [1.82, 2.24) is 4.98 Å². The van der Waals surface area contributed by atoms with E-state index in [-0.39, 0.29) is 6.10 Å². The molecule has 1 fully saturated rings. The van der Waals surface area contributed by atoms with E-state index in [4.69, 9.17) is 9.72 Å². The molecule has 1 aromatic heterocycles. The van der Waals surface area contributed by atoms with Crippen LogP contribution in [0.5, 0.6) is 0 Å². The Bertz CT molecular complexity index is 421. The second kappa shape index (κ2) is 5.15. The Morgan fingerprint density at radius 3 is 3.22 bits per heavy atom. The van der Waals surface area contributed by atoms with E-state index in [1.165, 1.54) is 4.88 Å². The van der Waals surface area contributed by atoms with Crippen molar-refractivity contribution in [2.45, 2.75) is 44.8 Å². The van der Waals surface area contributed by atoms with Crippen molar-refractivity contribution in [3.05, 3.63) is 10.6 Å². The standard InChI is InChI=1S/C13H20N2O2S/c1-2-9-8-17-7-6-15(9)13-14-12-10(16)4-3-5-11(12)18-13/h9-10,16H,2-8H2,1H3. The van der Waals surface area contributed by atoms with Gasteiger partial charge in [-0.1, -0.05) is 6.92 Å². The van der Waals surface area contributed by atoms with Crippen LogP contribution in [0.1, 0.15) is 42.9 Å². The first-order valence-corrected chi connectivity index (χ1v) is 7.63. The molecule has 100 valence electrons. The number of hydrogen-bond donors (Lipinski definition) is 1. The zero-order chi connectivity index (χ0) is 12.5. The van der Waals surface area contributed by atoms with Gasteiger partial charge in [0.25, 0.3) is 0 Å². The molecule has 1 aromatic rings. The van der Waals surface area contributed by atoms with Crippen molar-refractivity contribution >= 4 is 16.5 Å². The number of thiazole rings is 1. The molecule has 0 amide bonds. The van der Waals surface area contributed by atoms with Crippen LogP contribution in [0.2, 0.25) is 0 Å². The Kier molecular flexibility index (Phi) is 3.54. The van der Waals surface area contributed by atoms with Crippen LogP contribution in [0.25, 0.3) is 0 Å². The molecule has 0 spiro atoms. The molecular formula is C13H20N2O2S. The third-order valence-corrected chi connectivity index (χ3v) is 5.03. The summed E-state index contributed by atoms with van der Waals surface area (Å²) in [5.41, 5.74) is 0.933. The molecule has 5 heteroatoms. The average molecular weight is 268 g/mol. The van der Waals surface area contributed by atoms with Crippen LogP contribution in [-0.4, -0.2) is 35.9 Å². The molecule has 1 N–H and O–H groups in total. The highest BCUT2D eigenvalue weighted by atomic mass is 32.1. The normalized spacial score (nSPS) is 28.2. The number of aryl methyl sites for hydroxylation is 1. The molecular weight excluding hydrogens is 248 g/mol. The fourth-order valence-corrected chi connectivity index (χ4v) is 4.01. The number of fused-ring (bicyclic) bond motifs is 1. The molecule has 1 saturated heterocycles. The van der Waals surface area contributed by atoms with E-state index in [0.717, 1.165) is 56.3 Å². The van der Waals surface area contributed by atoms with Crippen molar-refractivity contribution in [3.8, 4) is 0 Å². The van der Waals surface area contributed by atoms with Crippen LogP contribution in [0, 0.1) is 0 Å². The van der Waals surface area contributed by atoms with E-state index in [1.807, 2.05) is 0 Å². The summed E-state index contributed by atoms with van der Waals surface area (Å²) >= 11 is 1.76. The molecule has 4 nitrogen and oxygen atoms in total. The van der Waals surface area contributed by atoms with Gasteiger partial charge in [-0.3, -0.25) is 0 Å². The van der Waals surface area contributed by atoms with Crippen LogP contribution in [-0.2, 0) is 11.2 Å². The zero-order valence-corrected chi connectivity index (χ0v) is 11.6. The third-order valence-electron chi connectivity index (χ3n) is 3.86. The number of anilines is 1. The topological polar surface area (TPSA) is 45.6 Å². The van der Waals surface area contributed by atoms with Gasteiger partial charge < -0.3 is 14.7 Å². The van der Waals surface area contributed by atoms with Gasteiger partial charge in [0.2, 0.25) is 0 Å². The predicted octanol–water partition coefficient (Wildman–Crippen LogP) is 2.13. The first-order valence-electron chi connectivity index (χ1n) is 6.81. The summed E-state index contributed by atoms with van der Waals surface area (Å²) in [6.45, 7) is 4.68. The molecule has 0 radical (unpaired) electrons. The Balaban J connectivity index is 1.87. The van der Waals surface area contributed by atoms with Crippen LogP contribution >= 0.6 is 11.3 Å². The highest BCUT2D eigenvalue weighted by Gasteiger charge is 2.28. The maximum absolute atomic E-state index is 10.00. The van der Waals surface area contributed by atoms with Gasteiger partial charge in [-0.25, -0.2) is 4.98 Å². The highest BCUT2D eigenvalue weighted by Crippen LogP contribution is 2.37. The lowest BCUT2D eigenvalue weighted by molar-refractivity contribution is 0.0928. The predicted molar refractivity (Wildman–Crippen MR) is 72.3 cm³/mol. The summed E-state index contributed by atoms with van der Waals surface area (Å²) in [6.07, 6.45) is 3.74. The van der Waals surface area contributed by atoms with Crippen LogP contribution in [0.4, 0.5) is 5.13 Å². The number of aliphatic hydroxyl groups is 1. The summed E-state index contributed by atoms with van der Waals surface area (Å²) in [6, 6.07) is 0.434. The van der Waals surface area contributed by atoms with Crippen molar-refractivity contribution in [2.24, 2.45) is 0 Å². The minimum Gasteiger partial charge on any atom is -0.387 e. The second-order valence-electron chi connectivity index (χ2n) is 5.04. The van der Waals surface area contributed by atoms with Gasteiger partial charge in [-0.15, -0.1) is 11.3 Å². The summed E-state index contributed by atoms with van der Waals surface area (Å²) < 4.78 is 5.53. The molecule has 2 unspecified atom stereocenters. The van der Waals surface area contributed by atoms with Crippen molar-refractivity contribution in [2.75, 3.05) is 24.7 Å². The fraction of sp³-hybridized carbons (Fsp3) is 0.769. The largest absolute Gasteiger partial charge is 0.387 e. The Labute approximate surface area is 112 Å². The summed E-state index contributed by atoms with van der Waals surface area (Å²) in [5.74, 6) is 0. The van der Waals surface area contributed by atoms with Gasteiger partial charge in [0.05, 0.1) is 31.1 Å². The maximum Gasteiger partial charge on any atom is 0.186 e. The van der Waals surface area contributed by atoms with Crippen molar-refractivity contribution in [1.29, 1.82) is 0 Å². The van der Waals surface area contributed by atoms with Gasteiger partial charge >= 0.3 is 0 Å². The minimum absolute atomic E-state index is 0.347. The van der Waals surface area contributed by atoms with Gasteiger partial charge in [-0.05, 0) is 25.7 Å². The average Bonchev–Trinajstić information content (AvgIpc) is 2.84. The SMILES string of the molecule is CCC1COCCN1c1nc2c(s1)CCCC2O. The molecule has 0 aromatic carbocycles. The fourth-order valence-electron chi connectivity index (χ4n) is 2.75. The maximum atomic E-state index is 10.00. The number of morpholine rings is 1. The number of aromatic nitrogens is 1. The first-order chi connectivity index (χ1) is 8.79. The summed E-state index contributed by atoms with van der Waals surface area (Å²) in [7, 11) is 0. The molecule has 2 atom stereocenters. The van der Waals surface area contributed by atoms with Gasteiger partial charge in [0, 0.05) is 11.4 Å². The van der Waals surface area contributed by atoms with Crippen LogP contribution in [0.3, 0.4) is 0 Å². The number of hydrogen-bond acceptors (Lipinski definition) is 5. The first kappa shape index (κ1) is 12.4. The number of aliphatic hydroxyl groups excluding tert-OH is 1. The summed E-state index contributed by atoms with van der Waals surface area (Å²) in [5, 5.41) is 11.1. The lowest BCUT2D eigenvalue weighted by Gasteiger charge is -2.34. The van der Waals surface area contributed by atoms with Gasteiger partial charge in [0.15, 0.2) is 5.13 Å². The van der Waals surface area contributed by atoms with Crippen LogP contribution in [0.15, 0.2) is 0 Å². The molecule has 0 saturated carbocycles. The van der Waals surface area contributed by atoms with Crippen molar-refractivity contribution in [3.63, 3.8) is 0 Å². The van der Waals surface area contributed by atoms with E-state index in [2.05, 4.69) is 11.8 Å². The molecule has 3 rings (SSSR count). The van der Waals surface area contributed by atoms with E-state index in [0.29, 0.717) is 6.04 Å². The van der Waals surface area contributed by atoms with E-state index in [1.54, 1.807) is 11.3 Å². The lowest BCUT2D eigenvalue weighted by Crippen LogP contribution is -2.45. The highest BCUT2D eigenvalue weighted by molar-refractivity contribution is 7.15. The van der Waals surface area contributed by atoms with Gasteiger partial charge in [-0.2, -0.15) is 0 Å². The monoisotopic (exact) mass is 268 g/mol. The number of ether oxygens (including phenoxy) is 1. The van der Waals surface area contributed by atoms with Gasteiger partial charge in [0.1, 0.15) is 0 Å². The summed E-state index contributed by atoms with van der Waals surface area (Å²) in [4.78, 5) is 8.34. The van der Waals surface area contributed by atoms with E-state index >= 15 is 0 Å². The molecule has 2 heterocycles. The van der Waals surface area contributed by atoms with E-state index in [9.17, 15) is 5.11 Å². The van der Waals surface area contributed by atoms with Crippen molar-refractivity contribution < 1.29 is 9.84 Å².